The van der Waals surface area contributed by atoms with E-state index in [9.17, 15) is 30.6 Å². The van der Waals surface area contributed by atoms with Gasteiger partial charge in [0.15, 0.2) is 23.0 Å². The van der Waals surface area contributed by atoms with Crippen molar-refractivity contribution in [3.05, 3.63) is 119 Å². The maximum Gasteiger partial charge on any atom is 0.169 e. The number of phenolic OH excluding ortho intramolecular Hbond substituents is 5. The van der Waals surface area contributed by atoms with E-state index in [2.05, 4.69) is 58.2 Å². The zero-order valence-corrected chi connectivity index (χ0v) is 43.0. The molecule has 14 rings (SSSR count). The Morgan fingerprint density at radius 2 is 1.58 bits per heavy atom. The van der Waals surface area contributed by atoms with Crippen molar-refractivity contribution in [1.82, 2.24) is 20.6 Å². The number of aliphatic hydroxyl groups is 1. The van der Waals surface area contributed by atoms with Gasteiger partial charge in [-0.25, -0.2) is 4.98 Å². The Kier molecular flexibility index (Phi) is 10.9. The average Bonchev–Trinajstić information content (AvgIpc) is 4.40. The summed E-state index contributed by atoms with van der Waals surface area (Å²) in [6.45, 7) is 1.07. The molecule has 2 saturated heterocycles. The summed E-state index contributed by atoms with van der Waals surface area (Å²) in [6.07, 6.45) is 37.2. The molecular formula is C64H76N4O6. The van der Waals surface area contributed by atoms with Gasteiger partial charge in [0.25, 0.3) is 0 Å². The van der Waals surface area contributed by atoms with Gasteiger partial charge in [0.2, 0.25) is 0 Å². The minimum Gasteiger partial charge on any atom is -0.507 e. The highest BCUT2D eigenvalue weighted by Crippen LogP contribution is 2.79. The molecule has 8 fully saturated rings. The number of benzene rings is 4. The molecule has 3 heterocycles. The fourth-order valence-electron chi connectivity index (χ4n) is 20.4. The summed E-state index contributed by atoms with van der Waals surface area (Å²) in [4.78, 5) is 8.82. The summed E-state index contributed by atoms with van der Waals surface area (Å²) in [5, 5.41) is 76.9. The summed E-state index contributed by atoms with van der Waals surface area (Å²) in [7, 11) is 0. The predicted molar refractivity (Wildman–Crippen MR) is 289 cm³/mol. The van der Waals surface area contributed by atoms with Gasteiger partial charge < -0.3 is 46.3 Å². The molecule has 9 N–H and O–H groups in total. The lowest BCUT2D eigenvalue weighted by molar-refractivity contribution is -0.218. The predicted octanol–water partition coefficient (Wildman–Crippen LogP) is 12.2. The van der Waals surface area contributed by atoms with E-state index in [1.54, 1.807) is 18.2 Å². The number of nitrogens with one attached hydrogen (secondary N) is 3. The van der Waals surface area contributed by atoms with Gasteiger partial charge in [-0.2, -0.15) is 0 Å². The number of hydrogen-bond acceptors (Lipinski definition) is 9. The van der Waals surface area contributed by atoms with Gasteiger partial charge in [-0.1, -0.05) is 92.5 Å². The van der Waals surface area contributed by atoms with Crippen LogP contribution in [0.1, 0.15) is 162 Å². The molecule has 6 saturated carbocycles. The van der Waals surface area contributed by atoms with Crippen molar-refractivity contribution in [3.8, 4) is 28.7 Å². The molecule has 12 atom stereocenters. The van der Waals surface area contributed by atoms with Crippen LogP contribution in [0.25, 0.3) is 22.9 Å². The number of aryl methyl sites for hydroxylation is 1. The van der Waals surface area contributed by atoms with Crippen molar-refractivity contribution in [2.45, 2.75) is 164 Å². The largest absolute Gasteiger partial charge is 0.507 e. The molecule has 7 aliphatic carbocycles. The number of imidazole rings is 1. The zero-order chi connectivity index (χ0) is 50.2. The van der Waals surface area contributed by atoms with E-state index in [0.717, 1.165) is 18.5 Å². The molecular weight excluding hydrogens is 921 g/mol. The van der Waals surface area contributed by atoms with Crippen LogP contribution in [-0.4, -0.2) is 64.8 Å². The first-order valence-electron chi connectivity index (χ1n) is 28.8. The van der Waals surface area contributed by atoms with Crippen LogP contribution in [0.2, 0.25) is 0 Å². The first-order chi connectivity index (χ1) is 35.9. The summed E-state index contributed by atoms with van der Waals surface area (Å²) < 4.78 is 0. The molecule has 388 valence electrons. The van der Waals surface area contributed by atoms with Crippen molar-refractivity contribution in [1.29, 1.82) is 0 Å². The fraction of sp³-hybridized carbons (Fsp3) is 0.547. The van der Waals surface area contributed by atoms with E-state index < -0.39 is 6.10 Å². The van der Waals surface area contributed by atoms with Crippen LogP contribution in [0, 0.1) is 45.3 Å². The SMILES string of the molecule is Oc1ccc(C=Cc2c(CCc3ccc(C4CC5(CCNC6(CCC7(CCCC7)C6)C5)C5CC6CCCC67CCC68CCCC6C=CC(O)C8C7(c6cnc[nH]6)C5N4)cc3)c(O)c(O)c3c(O)cccc23)cc1O. The lowest BCUT2D eigenvalue weighted by atomic mass is 9.31. The third-order valence-electron chi connectivity index (χ3n) is 23.1. The molecule has 0 amide bonds. The number of hydrogen-bond donors (Lipinski definition) is 9. The Bertz CT molecular complexity index is 3050. The summed E-state index contributed by atoms with van der Waals surface area (Å²) in [5.41, 5.74) is 6.21. The van der Waals surface area contributed by atoms with Gasteiger partial charge in [-0.15, -0.1) is 0 Å². The van der Waals surface area contributed by atoms with Crippen molar-refractivity contribution < 1.29 is 30.6 Å². The second-order valence-electron chi connectivity index (χ2n) is 25.9. The third kappa shape index (κ3) is 6.74. The molecule has 0 radical (unpaired) electrons. The second-order valence-corrected chi connectivity index (χ2v) is 25.9. The quantitative estimate of drug-likeness (QED) is 0.0437. The Morgan fingerprint density at radius 3 is 2.41 bits per heavy atom. The average molecular weight is 997 g/mol. The minimum absolute atomic E-state index is 0.0689. The van der Waals surface area contributed by atoms with E-state index in [1.807, 2.05) is 18.5 Å². The standard InChI is InChI=1S/C64H76N4O6/c69-49-20-14-40(32-52(49)72)13-18-44-45-8-3-9-50(70)54(45)56(74)55(73)46(44)19-12-39-10-15-41(16-11-39)48-34-60(30-31-67-61(37-60)27-26-59(36-61)22-1-2-23-59)47-33-43-7-5-25-63(43)29-28-62-24-4-6-42(62)17-21-51(71)57(62)64(63,58(47)68-48)53-35-65-38-66-53/h3,8-11,13-18,20-21,32,35,38,42-43,47-48,51,57-58,67-74H,1-2,4-7,12,19,22-31,33-34,36-37H2,(H,65,66). The number of H-pyrrole nitrogens is 1. The number of aromatic hydroxyl groups is 5. The van der Waals surface area contributed by atoms with Crippen molar-refractivity contribution in [2.75, 3.05) is 6.54 Å². The van der Waals surface area contributed by atoms with Crippen LogP contribution in [-0.2, 0) is 18.3 Å². The molecule has 5 aromatic rings. The fourth-order valence-corrected chi connectivity index (χ4v) is 20.4. The summed E-state index contributed by atoms with van der Waals surface area (Å²) in [6, 6.07) is 19.2. The molecule has 5 spiro atoms. The van der Waals surface area contributed by atoms with Gasteiger partial charge in [-0.3, -0.25) is 0 Å². The van der Waals surface area contributed by atoms with Crippen LogP contribution in [0.15, 0.2) is 85.3 Å². The first kappa shape index (κ1) is 47.2. The summed E-state index contributed by atoms with van der Waals surface area (Å²) >= 11 is 0. The Balaban J connectivity index is 0.855. The second kappa shape index (κ2) is 17.1. The number of piperidine rings is 2. The maximum absolute atomic E-state index is 13.0. The molecule has 2 aliphatic heterocycles. The summed E-state index contributed by atoms with van der Waals surface area (Å²) in [5.74, 6) is 0.531. The lowest BCUT2D eigenvalue weighted by Gasteiger charge is -2.75. The molecule has 74 heavy (non-hydrogen) atoms. The Labute approximate surface area is 435 Å². The van der Waals surface area contributed by atoms with Crippen molar-refractivity contribution in [3.63, 3.8) is 0 Å². The monoisotopic (exact) mass is 997 g/mol. The molecule has 12 unspecified atom stereocenters. The highest BCUT2D eigenvalue weighted by atomic mass is 16.3. The highest BCUT2D eigenvalue weighted by molar-refractivity contribution is 6.03. The zero-order valence-electron chi connectivity index (χ0n) is 43.0. The van der Waals surface area contributed by atoms with E-state index in [4.69, 9.17) is 4.98 Å². The number of allylic oxidation sites excluding steroid dienone is 1. The molecule has 1 aromatic heterocycles. The molecule has 10 nitrogen and oxygen atoms in total. The van der Waals surface area contributed by atoms with Gasteiger partial charge >= 0.3 is 0 Å². The van der Waals surface area contributed by atoms with E-state index in [0.29, 0.717) is 58.1 Å². The number of aromatic nitrogens is 2. The molecule has 10 heteroatoms. The molecule has 9 aliphatic rings. The Hall–Kier alpha value is -5.29. The number of nitrogens with zero attached hydrogens (tertiary/aromatic N) is 1. The number of fused-ring (bicyclic) bond motifs is 5. The number of aliphatic hydroxyl groups excluding tert-OH is 1. The van der Waals surface area contributed by atoms with Crippen LogP contribution in [0.4, 0.5) is 0 Å². The van der Waals surface area contributed by atoms with Gasteiger partial charge in [0.1, 0.15) is 5.75 Å². The third-order valence-corrected chi connectivity index (χ3v) is 23.1. The highest BCUT2D eigenvalue weighted by Gasteiger charge is 2.78. The number of aromatic amines is 1. The topological polar surface area (TPSA) is 174 Å². The van der Waals surface area contributed by atoms with Crippen LogP contribution in [0.3, 0.4) is 0 Å². The Morgan fingerprint density at radius 1 is 0.730 bits per heavy atom. The smallest absolute Gasteiger partial charge is 0.169 e. The van der Waals surface area contributed by atoms with Crippen LogP contribution >= 0.6 is 0 Å². The van der Waals surface area contributed by atoms with Crippen LogP contribution in [0.5, 0.6) is 28.7 Å². The van der Waals surface area contributed by atoms with E-state index >= 15 is 0 Å². The van der Waals surface area contributed by atoms with Crippen molar-refractivity contribution in [2.24, 2.45) is 45.3 Å². The number of phenols is 5. The van der Waals surface area contributed by atoms with Gasteiger partial charge in [-0.05, 0) is 201 Å². The number of rotatable bonds is 7. The van der Waals surface area contributed by atoms with Crippen molar-refractivity contribution >= 4 is 22.9 Å². The minimum atomic E-state index is -0.509. The lowest BCUT2D eigenvalue weighted by Crippen LogP contribution is -2.78. The molecule has 4 aromatic carbocycles. The van der Waals surface area contributed by atoms with E-state index in [-0.39, 0.29) is 79.3 Å². The normalized spacial score (nSPS) is 37.7. The van der Waals surface area contributed by atoms with Gasteiger partial charge in [0, 0.05) is 46.4 Å². The van der Waals surface area contributed by atoms with E-state index in [1.165, 1.54) is 145 Å². The van der Waals surface area contributed by atoms with Crippen LogP contribution < -0.4 is 10.6 Å². The maximum atomic E-state index is 13.0. The first-order valence-corrected chi connectivity index (χ1v) is 28.8. The van der Waals surface area contributed by atoms with Gasteiger partial charge in [0.05, 0.1) is 17.8 Å². The molecule has 0 bridgehead atoms.